The molecule has 1 heterocycles. The predicted octanol–water partition coefficient (Wildman–Crippen LogP) is 13.7. The first-order valence-electron chi connectivity index (χ1n) is 21.3. The van der Waals surface area contributed by atoms with Crippen LogP contribution in [0.3, 0.4) is 0 Å². The van der Waals surface area contributed by atoms with Gasteiger partial charge >= 0.3 is 0 Å². The first-order chi connectivity index (χ1) is 27.3. The molecule has 6 aromatic carbocycles. The zero-order chi connectivity index (χ0) is 39.6. The Morgan fingerprint density at radius 3 is 0.536 bits per heavy atom. The van der Waals surface area contributed by atoms with Crippen molar-refractivity contribution in [2.24, 2.45) is 0 Å². The first-order valence-corrected chi connectivity index (χ1v) is 33.0. The maximum absolute atomic E-state index is 4.24. The third kappa shape index (κ3) is 6.15. The third-order valence-corrected chi connectivity index (χ3v) is 50.9. The van der Waals surface area contributed by atoms with E-state index in [4.69, 9.17) is 0 Å². The lowest BCUT2D eigenvalue weighted by atomic mass is 9.92. The van der Waals surface area contributed by atoms with Gasteiger partial charge in [0.25, 0.3) is 0 Å². The van der Waals surface area contributed by atoms with Crippen LogP contribution < -0.4 is 0 Å². The van der Waals surface area contributed by atoms with Crippen molar-refractivity contribution < 1.29 is 0 Å². The molecule has 6 aromatic rings. The molecule has 0 aliphatic carbocycles. The van der Waals surface area contributed by atoms with Gasteiger partial charge in [-0.2, -0.15) is 0 Å². The second-order valence-corrected chi connectivity index (χ2v) is 42.6. The normalized spacial score (nSPS) is 16.3. The number of fused-ring (bicyclic) bond motifs is 6. The Bertz CT molecular complexity index is 2240. The lowest BCUT2D eigenvalue weighted by Crippen LogP contribution is -2.60. The molecule has 7 rings (SSSR count). The standard InChI is InChI=1S/C52H56Si4/c1-9-53(10-2)37-33-49-41-25-17-19-27-43(41)51(44-28-20-18-26-42(44)49)35-39-55(13-5,14-6)56(15-7,16-8)40-36-52-47-31-23-21-29-45(47)50(34-38-54(53,11-3)12-4)46-30-22-24-32-48(46)52/h17-32H,9-16H2,1-8H3. The van der Waals surface area contributed by atoms with Crippen LogP contribution in [-0.2, 0) is 0 Å². The largest absolute Gasteiger partial charge is 0.144 e. The molecule has 0 amide bonds. The summed E-state index contributed by atoms with van der Waals surface area (Å²) in [6.45, 7) is 19.3. The molecule has 0 fully saturated rings. The average molecular weight is 793 g/mol. The van der Waals surface area contributed by atoms with Crippen LogP contribution in [0.1, 0.15) is 77.6 Å². The van der Waals surface area contributed by atoms with Crippen LogP contribution >= 0.6 is 0 Å². The minimum Gasteiger partial charge on any atom is -0.128 e. The Hall–Kier alpha value is -4.53. The minimum absolute atomic E-state index is 1.12. The minimum atomic E-state index is -2.20. The van der Waals surface area contributed by atoms with Crippen LogP contribution in [-0.4, -0.2) is 30.4 Å². The molecule has 0 N–H and O–H groups in total. The predicted molar refractivity (Wildman–Crippen MR) is 257 cm³/mol. The number of hydrogen-bond acceptors (Lipinski definition) is 0. The van der Waals surface area contributed by atoms with E-state index in [9.17, 15) is 0 Å². The van der Waals surface area contributed by atoms with Gasteiger partial charge in [0.1, 0.15) is 30.4 Å². The Morgan fingerprint density at radius 1 is 0.268 bits per heavy atom. The molecule has 1 aliphatic rings. The first kappa shape index (κ1) is 39.7. The highest BCUT2D eigenvalue weighted by molar-refractivity contribution is 7.49. The van der Waals surface area contributed by atoms with E-state index in [1.165, 1.54) is 43.1 Å². The lowest BCUT2D eigenvalue weighted by Gasteiger charge is -2.39. The molecule has 280 valence electrons. The molecular weight excluding hydrogens is 737 g/mol. The number of hydrogen-bond donors (Lipinski definition) is 0. The molecule has 0 saturated heterocycles. The van der Waals surface area contributed by atoms with E-state index in [1.54, 1.807) is 0 Å². The van der Waals surface area contributed by atoms with E-state index < -0.39 is 30.4 Å². The Labute approximate surface area is 340 Å². The van der Waals surface area contributed by atoms with Crippen LogP contribution in [0.4, 0.5) is 0 Å². The number of benzene rings is 6. The zero-order valence-electron chi connectivity index (χ0n) is 34.9. The van der Waals surface area contributed by atoms with Gasteiger partial charge in [-0.05, 0) is 43.1 Å². The van der Waals surface area contributed by atoms with Crippen LogP contribution in [0.15, 0.2) is 97.1 Å². The molecule has 56 heavy (non-hydrogen) atoms. The number of rotatable bonds is 8. The molecular formula is C52H56Si4. The topological polar surface area (TPSA) is 0 Å². The lowest BCUT2D eigenvalue weighted by molar-refractivity contribution is 1.25. The second-order valence-electron chi connectivity index (χ2n) is 15.8. The summed E-state index contributed by atoms with van der Waals surface area (Å²) in [6.07, 6.45) is 0. The fourth-order valence-electron chi connectivity index (χ4n) is 10.4. The highest BCUT2D eigenvalue weighted by atomic mass is 29.3. The molecule has 4 bridgehead atoms. The Balaban J connectivity index is 1.71. The maximum atomic E-state index is 4.24. The van der Waals surface area contributed by atoms with Crippen molar-refractivity contribution in [2.45, 2.75) is 104 Å². The molecule has 0 atom stereocenters. The fraction of sp³-hybridized carbons (Fsp3) is 0.308. The highest BCUT2D eigenvalue weighted by Gasteiger charge is 2.51. The summed E-state index contributed by atoms with van der Waals surface area (Å²) < 4.78 is 0. The molecule has 0 nitrogen and oxygen atoms in total. The van der Waals surface area contributed by atoms with Gasteiger partial charge in [0.2, 0.25) is 0 Å². The van der Waals surface area contributed by atoms with Gasteiger partial charge in [-0.15, -0.1) is 22.2 Å². The van der Waals surface area contributed by atoms with Crippen molar-refractivity contribution in [3.8, 4) is 45.9 Å². The van der Waals surface area contributed by atoms with Crippen molar-refractivity contribution in [2.75, 3.05) is 0 Å². The smallest absolute Gasteiger partial charge is 0.128 e. The van der Waals surface area contributed by atoms with Gasteiger partial charge in [0.05, 0.1) is 0 Å². The molecule has 0 saturated carbocycles. The van der Waals surface area contributed by atoms with Crippen LogP contribution in [0, 0.1) is 45.9 Å². The van der Waals surface area contributed by atoms with Crippen LogP contribution in [0.5, 0.6) is 0 Å². The molecule has 0 aromatic heterocycles. The SMILES string of the molecule is CC[Si]1(CC)C#Cc2c3ccccc3c(c3ccccc23)C#C[Si](CC)(CC)[Si](CC)(CC)C#Cc2c3ccccc3c(c3ccccc23)C#C[Si]1(CC)CC. The zero-order valence-corrected chi connectivity index (χ0v) is 38.9. The summed E-state index contributed by atoms with van der Waals surface area (Å²) in [6, 6.07) is 44.8. The van der Waals surface area contributed by atoms with E-state index in [2.05, 4.69) is 198 Å². The van der Waals surface area contributed by atoms with Gasteiger partial charge in [0, 0.05) is 22.3 Å². The summed E-state index contributed by atoms with van der Waals surface area (Å²) in [7, 11) is -8.81. The second kappa shape index (κ2) is 16.1. The van der Waals surface area contributed by atoms with E-state index >= 15 is 0 Å². The van der Waals surface area contributed by atoms with Gasteiger partial charge in [0.15, 0.2) is 0 Å². The van der Waals surface area contributed by atoms with Crippen molar-refractivity contribution in [1.29, 1.82) is 0 Å². The summed E-state index contributed by atoms with van der Waals surface area (Å²) in [5, 5.41) is 9.82. The van der Waals surface area contributed by atoms with Gasteiger partial charge in [-0.1, -0.05) is 224 Å². The van der Waals surface area contributed by atoms with Gasteiger partial charge in [-0.25, -0.2) is 0 Å². The van der Waals surface area contributed by atoms with Crippen molar-refractivity contribution in [1.82, 2.24) is 0 Å². The molecule has 0 radical (unpaired) electrons. The molecule has 4 heteroatoms. The van der Waals surface area contributed by atoms with E-state index in [0.717, 1.165) is 70.6 Å². The Morgan fingerprint density at radius 2 is 0.411 bits per heavy atom. The molecule has 0 unspecified atom stereocenters. The average Bonchev–Trinajstić information content (AvgIpc) is 3.26. The van der Waals surface area contributed by atoms with E-state index in [-0.39, 0.29) is 0 Å². The van der Waals surface area contributed by atoms with Crippen LogP contribution in [0.2, 0.25) is 48.4 Å². The molecule has 0 spiro atoms. The van der Waals surface area contributed by atoms with Gasteiger partial charge < -0.3 is 0 Å². The maximum Gasteiger partial charge on any atom is 0.144 e. The highest BCUT2D eigenvalue weighted by Crippen LogP contribution is 2.39. The quantitative estimate of drug-likeness (QED) is 0.0818. The van der Waals surface area contributed by atoms with Crippen molar-refractivity contribution in [3.05, 3.63) is 119 Å². The van der Waals surface area contributed by atoms with E-state index in [1.807, 2.05) is 0 Å². The summed E-state index contributed by atoms with van der Waals surface area (Å²) in [5.41, 5.74) is 21.6. The summed E-state index contributed by atoms with van der Waals surface area (Å²) in [4.78, 5) is 0. The van der Waals surface area contributed by atoms with Crippen LogP contribution in [0.25, 0.3) is 43.1 Å². The Kier molecular flexibility index (Phi) is 11.4. The van der Waals surface area contributed by atoms with E-state index in [0.29, 0.717) is 0 Å². The summed E-state index contributed by atoms with van der Waals surface area (Å²) >= 11 is 0. The monoisotopic (exact) mass is 792 g/mol. The molecule has 1 aliphatic heterocycles. The summed E-state index contributed by atoms with van der Waals surface area (Å²) in [5.74, 6) is 16.1. The van der Waals surface area contributed by atoms with Crippen molar-refractivity contribution >= 4 is 73.5 Å². The van der Waals surface area contributed by atoms with Crippen molar-refractivity contribution in [3.63, 3.8) is 0 Å². The third-order valence-electron chi connectivity index (χ3n) is 14.2. The van der Waals surface area contributed by atoms with Gasteiger partial charge in [-0.3, -0.25) is 0 Å². The fourth-order valence-corrected chi connectivity index (χ4v) is 41.5.